The zero-order valence-electron chi connectivity index (χ0n) is 16.1. The summed E-state index contributed by atoms with van der Waals surface area (Å²) in [5, 5.41) is 2.76. The molecule has 6 heteroatoms. The summed E-state index contributed by atoms with van der Waals surface area (Å²) >= 11 is 0. The molecule has 0 radical (unpaired) electrons. The van der Waals surface area contributed by atoms with Crippen LogP contribution in [0.25, 0.3) is 0 Å². The van der Waals surface area contributed by atoms with Crippen LogP contribution in [0.3, 0.4) is 0 Å². The fourth-order valence-electron chi connectivity index (χ4n) is 3.42. The number of aryl methyl sites for hydroxylation is 1. The third kappa shape index (κ3) is 4.22. The van der Waals surface area contributed by atoms with Gasteiger partial charge in [-0.25, -0.2) is 4.79 Å². The summed E-state index contributed by atoms with van der Waals surface area (Å²) in [5.74, 6) is -1.07. The van der Waals surface area contributed by atoms with Crippen molar-refractivity contribution in [2.75, 3.05) is 13.7 Å². The molecule has 0 spiro atoms. The maximum absolute atomic E-state index is 12.9. The molecule has 0 saturated carbocycles. The van der Waals surface area contributed by atoms with Crippen LogP contribution < -0.4 is 5.32 Å². The monoisotopic (exact) mass is 380 g/mol. The van der Waals surface area contributed by atoms with Crippen LogP contribution in [0.15, 0.2) is 54.6 Å². The number of ether oxygens (including phenoxy) is 1. The summed E-state index contributed by atoms with van der Waals surface area (Å²) in [6.07, 6.45) is 1.30. The van der Waals surface area contributed by atoms with E-state index in [2.05, 4.69) is 5.32 Å². The minimum absolute atomic E-state index is 0.174. The molecule has 1 aliphatic rings. The first-order valence-corrected chi connectivity index (χ1v) is 9.32. The summed E-state index contributed by atoms with van der Waals surface area (Å²) in [4.78, 5) is 39.6. The van der Waals surface area contributed by atoms with Gasteiger partial charge in [0.2, 0.25) is 5.91 Å². The summed E-state index contributed by atoms with van der Waals surface area (Å²) < 4.78 is 4.85. The Hall–Kier alpha value is -3.15. The molecule has 2 aromatic carbocycles. The molecule has 3 rings (SSSR count). The Morgan fingerprint density at radius 2 is 1.75 bits per heavy atom. The molecule has 28 heavy (non-hydrogen) atoms. The molecule has 1 saturated heterocycles. The molecule has 0 aromatic heterocycles. The molecular formula is C22H24N2O4. The SMILES string of the molecule is COC(=O)[C@@H](NC(=O)[C@H]1CCCN1C(=O)c1ccc(C)cc1)c1ccccc1. The zero-order chi connectivity index (χ0) is 20.1. The van der Waals surface area contributed by atoms with Crippen LogP contribution in [0, 0.1) is 6.92 Å². The fraction of sp³-hybridized carbons (Fsp3) is 0.318. The third-order valence-corrected chi connectivity index (χ3v) is 4.97. The van der Waals surface area contributed by atoms with E-state index < -0.39 is 18.1 Å². The Balaban J connectivity index is 1.77. The molecule has 0 unspecified atom stereocenters. The molecule has 1 heterocycles. The lowest BCUT2D eigenvalue weighted by Gasteiger charge is -2.26. The second-order valence-electron chi connectivity index (χ2n) is 6.90. The number of carbonyl (C=O) groups is 3. The van der Waals surface area contributed by atoms with E-state index in [1.54, 1.807) is 41.3 Å². The highest BCUT2D eigenvalue weighted by Crippen LogP contribution is 2.22. The summed E-state index contributed by atoms with van der Waals surface area (Å²) in [7, 11) is 1.28. The predicted molar refractivity (Wildman–Crippen MR) is 105 cm³/mol. The largest absolute Gasteiger partial charge is 0.467 e. The Labute approximate surface area is 164 Å². The van der Waals surface area contributed by atoms with E-state index in [0.29, 0.717) is 24.1 Å². The third-order valence-electron chi connectivity index (χ3n) is 4.97. The van der Waals surface area contributed by atoms with Gasteiger partial charge in [0.15, 0.2) is 6.04 Å². The van der Waals surface area contributed by atoms with Crippen molar-refractivity contribution in [3.63, 3.8) is 0 Å². The number of hydrogen-bond acceptors (Lipinski definition) is 4. The van der Waals surface area contributed by atoms with Gasteiger partial charge in [0, 0.05) is 12.1 Å². The molecule has 0 aliphatic carbocycles. The van der Waals surface area contributed by atoms with Crippen molar-refractivity contribution in [3.8, 4) is 0 Å². The Morgan fingerprint density at radius 1 is 1.07 bits per heavy atom. The van der Waals surface area contributed by atoms with Gasteiger partial charge in [-0.15, -0.1) is 0 Å². The zero-order valence-corrected chi connectivity index (χ0v) is 16.1. The first kappa shape index (κ1) is 19.6. The Kier molecular flexibility index (Phi) is 6.09. The maximum Gasteiger partial charge on any atom is 0.333 e. The lowest BCUT2D eigenvalue weighted by atomic mass is 10.1. The van der Waals surface area contributed by atoms with Crippen molar-refractivity contribution in [1.82, 2.24) is 10.2 Å². The average molecular weight is 380 g/mol. The highest BCUT2D eigenvalue weighted by Gasteiger charge is 2.36. The van der Waals surface area contributed by atoms with Gasteiger partial charge in [0.1, 0.15) is 6.04 Å². The lowest BCUT2D eigenvalue weighted by Crippen LogP contribution is -2.48. The van der Waals surface area contributed by atoms with Gasteiger partial charge in [-0.2, -0.15) is 0 Å². The Bertz CT molecular complexity index is 849. The van der Waals surface area contributed by atoms with Crippen molar-refractivity contribution in [2.45, 2.75) is 31.8 Å². The van der Waals surface area contributed by atoms with E-state index in [9.17, 15) is 14.4 Å². The van der Waals surface area contributed by atoms with Crippen LogP contribution in [0.4, 0.5) is 0 Å². The molecule has 2 atom stereocenters. The van der Waals surface area contributed by atoms with Gasteiger partial charge < -0.3 is 15.0 Å². The quantitative estimate of drug-likeness (QED) is 0.809. The van der Waals surface area contributed by atoms with Gasteiger partial charge in [-0.05, 0) is 37.5 Å². The molecule has 2 aromatic rings. The molecule has 1 aliphatic heterocycles. The molecule has 1 fully saturated rings. The van der Waals surface area contributed by atoms with E-state index in [0.717, 1.165) is 12.0 Å². The molecule has 6 nitrogen and oxygen atoms in total. The first-order chi connectivity index (χ1) is 13.5. The molecule has 2 amide bonds. The average Bonchev–Trinajstić information content (AvgIpc) is 3.22. The predicted octanol–water partition coefficient (Wildman–Crippen LogP) is 2.63. The van der Waals surface area contributed by atoms with E-state index in [4.69, 9.17) is 4.74 Å². The molecule has 146 valence electrons. The van der Waals surface area contributed by atoms with Crippen LogP contribution >= 0.6 is 0 Å². The van der Waals surface area contributed by atoms with Gasteiger partial charge in [-0.3, -0.25) is 9.59 Å². The van der Waals surface area contributed by atoms with Crippen molar-refractivity contribution in [1.29, 1.82) is 0 Å². The lowest BCUT2D eigenvalue weighted by molar-refractivity contribution is -0.145. The highest BCUT2D eigenvalue weighted by atomic mass is 16.5. The van der Waals surface area contributed by atoms with Crippen LogP contribution in [0.5, 0.6) is 0 Å². The number of amides is 2. The first-order valence-electron chi connectivity index (χ1n) is 9.32. The second-order valence-corrected chi connectivity index (χ2v) is 6.90. The number of carbonyl (C=O) groups excluding carboxylic acids is 3. The van der Waals surface area contributed by atoms with Crippen LogP contribution in [-0.2, 0) is 14.3 Å². The number of benzene rings is 2. The molecular weight excluding hydrogens is 356 g/mol. The number of hydrogen-bond donors (Lipinski definition) is 1. The summed E-state index contributed by atoms with van der Waals surface area (Å²) in [5.41, 5.74) is 2.26. The van der Waals surface area contributed by atoms with Crippen molar-refractivity contribution < 1.29 is 19.1 Å². The smallest absolute Gasteiger partial charge is 0.333 e. The number of nitrogens with zero attached hydrogens (tertiary/aromatic N) is 1. The van der Waals surface area contributed by atoms with E-state index in [1.165, 1.54) is 7.11 Å². The number of rotatable bonds is 5. The van der Waals surface area contributed by atoms with Crippen LogP contribution in [-0.4, -0.2) is 42.4 Å². The minimum atomic E-state index is -0.907. The van der Waals surface area contributed by atoms with Crippen LogP contribution in [0.2, 0.25) is 0 Å². The standard InChI is InChI=1S/C22H24N2O4/c1-15-10-12-17(13-11-15)21(26)24-14-6-9-18(24)20(25)23-19(22(27)28-2)16-7-4-3-5-8-16/h3-5,7-8,10-13,18-19H,6,9,14H2,1-2H3,(H,23,25)/t18-,19+/m1/s1. The molecule has 0 bridgehead atoms. The minimum Gasteiger partial charge on any atom is -0.467 e. The summed E-state index contributed by atoms with van der Waals surface area (Å²) in [6.45, 7) is 2.47. The highest BCUT2D eigenvalue weighted by molar-refractivity contribution is 5.98. The van der Waals surface area contributed by atoms with Gasteiger partial charge in [0.25, 0.3) is 5.91 Å². The number of esters is 1. The number of likely N-dealkylation sites (tertiary alicyclic amines) is 1. The number of methoxy groups -OCH3 is 1. The van der Waals surface area contributed by atoms with E-state index in [1.807, 2.05) is 25.1 Å². The normalized spacial score (nSPS) is 17.1. The van der Waals surface area contributed by atoms with Crippen LogP contribution in [0.1, 0.15) is 40.4 Å². The van der Waals surface area contributed by atoms with E-state index in [-0.39, 0.29) is 11.8 Å². The van der Waals surface area contributed by atoms with Crippen molar-refractivity contribution in [3.05, 3.63) is 71.3 Å². The van der Waals surface area contributed by atoms with Crippen molar-refractivity contribution in [2.24, 2.45) is 0 Å². The molecule has 1 N–H and O–H groups in total. The van der Waals surface area contributed by atoms with Crippen molar-refractivity contribution >= 4 is 17.8 Å². The van der Waals surface area contributed by atoms with Gasteiger partial charge in [-0.1, -0.05) is 48.0 Å². The van der Waals surface area contributed by atoms with Gasteiger partial charge in [0.05, 0.1) is 7.11 Å². The maximum atomic E-state index is 12.9. The second kappa shape index (κ2) is 8.69. The summed E-state index contributed by atoms with van der Waals surface area (Å²) in [6, 6.07) is 14.7. The topological polar surface area (TPSA) is 75.7 Å². The number of nitrogens with one attached hydrogen (secondary N) is 1. The van der Waals surface area contributed by atoms with Gasteiger partial charge >= 0.3 is 5.97 Å². The van der Waals surface area contributed by atoms with E-state index >= 15 is 0 Å². The fourth-order valence-corrected chi connectivity index (χ4v) is 3.42. The Morgan fingerprint density at radius 3 is 2.39 bits per heavy atom.